The lowest BCUT2D eigenvalue weighted by Crippen LogP contribution is -1.88. The molecule has 21 heavy (non-hydrogen) atoms. The molecule has 0 radical (unpaired) electrons. The van der Waals surface area contributed by atoms with Crippen LogP contribution in [0.4, 0.5) is 0 Å². The van der Waals surface area contributed by atoms with E-state index in [0.29, 0.717) is 0 Å². The Morgan fingerprint density at radius 3 is 2.38 bits per heavy atom. The number of ketones is 1. The first-order chi connectivity index (χ1) is 10.2. The summed E-state index contributed by atoms with van der Waals surface area (Å²) in [7, 11) is 1.60. The zero-order valence-electron chi connectivity index (χ0n) is 11.7. The van der Waals surface area contributed by atoms with Gasteiger partial charge in [0.2, 0.25) is 0 Å². The van der Waals surface area contributed by atoms with E-state index in [-0.39, 0.29) is 11.5 Å². The monoisotopic (exact) mass is 280 g/mol. The Morgan fingerprint density at radius 2 is 1.67 bits per heavy atom. The number of rotatable bonds is 5. The van der Waals surface area contributed by atoms with Gasteiger partial charge in [0.05, 0.1) is 7.11 Å². The number of benzene rings is 2. The maximum atomic E-state index is 11.8. The Balaban J connectivity index is 2.04. The Hall–Kier alpha value is -2.81. The van der Waals surface area contributed by atoms with Crippen molar-refractivity contribution in [1.82, 2.24) is 0 Å². The molecule has 2 aromatic carbocycles. The molecule has 0 saturated carbocycles. The van der Waals surface area contributed by atoms with Crippen molar-refractivity contribution < 1.29 is 14.6 Å². The summed E-state index contributed by atoms with van der Waals surface area (Å²) < 4.78 is 5.21. The van der Waals surface area contributed by atoms with Crippen molar-refractivity contribution >= 4 is 17.9 Å². The fourth-order valence-electron chi connectivity index (χ4n) is 1.80. The maximum Gasteiger partial charge on any atom is 0.178 e. The van der Waals surface area contributed by atoms with E-state index in [1.807, 2.05) is 24.3 Å². The zero-order chi connectivity index (χ0) is 15.1. The van der Waals surface area contributed by atoms with Crippen molar-refractivity contribution in [3.05, 3.63) is 71.8 Å². The zero-order valence-corrected chi connectivity index (χ0v) is 11.7. The third-order valence-corrected chi connectivity index (χ3v) is 2.90. The summed E-state index contributed by atoms with van der Waals surface area (Å²) in [5.74, 6) is 0.813. The van der Waals surface area contributed by atoms with E-state index in [1.165, 1.54) is 12.2 Å². The molecule has 1 N–H and O–H groups in total. The van der Waals surface area contributed by atoms with Crippen molar-refractivity contribution in [1.29, 1.82) is 0 Å². The molecule has 0 fully saturated rings. The minimum atomic E-state index is -0.117. The van der Waals surface area contributed by atoms with Crippen molar-refractivity contribution in [2.24, 2.45) is 0 Å². The fourth-order valence-corrected chi connectivity index (χ4v) is 1.80. The molecule has 0 aromatic heterocycles. The quantitative estimate of drug-likeness (QED) is 0.849. The van der Waals surface area contributed by atoms with Gasteiger partial charge in [0.1, 0.15) is 11.5 Å². The van der Waals surface area contributed by atoms with Crippen LogP contribution in [0.15, 0.2) is 60.7 Å². The van der Waals surface area contributed by atoms with Gasteiger partial charge in [-0.3, -0.25) is 4.79 Å². The highest BCUT2D eigenvalue weighted by Gasteiger charge is 1.97. The molecule has 3 nitrogen and oxygen atoms in total. The van der Waals surface area contributed by atoms with Gasteiger partial charge in [-0.05, 0) is 42.0 Å². The van der Waals surface area contributed by atoms with Crippen LogP contribution in [0.25, 0.3) is 12.2 Å². The Labute approximate surface area is 123 Å². The predicted octanol–water partition coefficient (Wildman–Crippen LogP) is 3.70. The first-order valence-electron chi connectivity index (χ1n) is 6.51. The average molecular weight is 280 g/mol. The normalized spacial score (nSPS) is 11.1. The van der Waals surface area contributed by atoms with Gasteiger partial charge in [0.25, 0.3) is 0 Å². The molecule has 106 valence electrons. The van der Waals surface area contributed by atoms with Crippen molar-refractivity contribution in [2.75, 3.05) is 7.11 Å². The van der Waals surface area contributed by atoms with Gasteiger partial charge < -0.3 is 9.84 Å². The molecule has 0 aliphatic rings. The fraction of sp³-hybridized carbons (Fsp3) is 0.0556. The van der Waals surface area contributed by atoms with Crippen LogP contribution in [0.5, 0.6) is 11.5 Å². The highest BCUT2D eigenvalue weighted by Crippen LogP contribution is 2.18. The molecule has 0 bridgehead atoms. The third kappa shape index (κ3) is 4.35. The molecule has 0 spiro atoms. The lowest BCUT2D eigenvalue weighted by atomic mass is 10.1. The molecule has 0 heterocycles. The van der Waals surface area contributed by atoms with Crippen molar-refractivity contribution in [3.8, 4) is 11.5 Å². The Kier molecular flexibility index (Phi) is 4.94. The summed E-state index contributed by atoms with van der Waals surface area (Å²) in [5.41, 5.74) is 1.71. The van der Waals surface area contributed by atoms with Gasteiger partial charge in [0.15, 0.2) is 5.78 Å². The summed E-state index contributed by atoms with van der Waals surface area (Å²) in [6, 6.07) is 14.1. The number of carbonyl (C=O) groups excluding carboxylic acids is 1. The Bertz CT molecular complexity index is 667. The number of hydrogen-bond donors (Lipinski definition) is 1. The Morgan fingerprint density at radius 1 is 1.00 bits per heavy atom. The topological polar surface area (TPSA) is 46.5 Å². The van der Waals surface area contributed by atoms with Crippen LogP contribution in [-0.2, 0) is 4.79 Å². The van der Waals surface area contributed by atoms with Crippen LogP contribution >= 0.6 is 0 Å². The van der Waals surface area contributed by atoms with Crippen LogP contribution in [0.3, 0.4) is 0 Å². The average Bonchev–Trinajstić information content (AvgIpc) is 2.52. The minimum absolute atomic E-state index is 0.117. The second kappa shape index (κ2) is 7.10. The van der Waals surface area contributed by atoms with Gasteiger partial charge in [-0.1, -0.05) is 36.4 Å². The second-order valence-corrected chi connectivity index (χ2v) is 4.40. The second-order valence-electron chi connectivity index (χ2n) is 4.40. The highest BCUT2D eigenvalue weighted by molar-refractivity contribution is 6.04. The molecule has 2 rings (SSSR count). The van der Waals surface area contributed by atoms with Gasteiger partial charge in [-0.25, -0.2) is 0 Å². The van der Waals surface area contributed by atoms with Gasteiger partial charge in [-0.2, -0.15) is 0 Å². The number of para-hydroxylation sites is 1. The summed E-state index contributed by atoms with van der Waals surface area (Å²) in [6.45, 7) is 0. The van der Waals surface area contributed by atoms with Crippen LogP contribution in [-0.4, -0.2) is 18.0 Å². The van der Waals surface area contributed by atoms with E-state index >= 15 is 0 Å². The molecule has 0 saturated heterocycles. The van der Waals surface area contributed by atoms with Crippen LogP contribution in [0.2, 0.25) is 0 Å². The lowest BCUT2D eigenvalue weighted by Gasteiger charge is -2.02. The molecule has 0 aliphatic heterocycles. The summed E-state index contributed by atoms with van der Waals surface area (Å²) in [5, 5.41) is 9.18. The van der Waals surface area contributed by atoms with E-state index in [2.05, 4.69) is 0 Å². The van der Waals surface area contributed by atoms with Gasteiger partial charge >= 0.3 is 0 Å². The molecule has 0 atom stereocenters. The molecule has 0 aliphatic carbocycles. The van der Waals surface area contributed by atoms with Crippen LogP contribution in [0, 0.1) is 0 Å². The number of ether oxygens (including phenoxy) is 1. The molecule has 3 heteroatoms. The lowest BCUT2D eigenvalue weighted by molar-refractivity contribution is -0.110. The predicted molar refractivity (Wildman–Crippen MR) is 84.2 cm³/mol. The number of aromatic hydroxyl groups is 1. The van der Waals surface area contributed by atoms with Crippen LogP contribution in [0.1, 0.15) is 11.1 Å². The van der Waals surface area contributed by atoms with E-state index in [9.17, 15) is 9.90 Å². The highest BCUT2D eigenvalue weighted by atomic mass is 16.5. The van der Waals surface area contributed by atoms with Gasteiger partial charge in [0, 0.05) is 5.56 Å². The van der Waals surface area contributed by atoms with Crippen molar-refractivity contribution in [2.45, 2.75) is 0 Å². The summed E-state index contributed by atoms with van der Waals surface area (Å²) >= 11 is 0. The first kappa shape index (κ1) is 14.6. The van der Waals surface area contributed by atoms with E-state index in [4.69, 9.17) is 4.74 Å². The van der Waals surface area contributed by atoms with E-state index in [1.54, 1.807) is 43.5 Å². The largest absolute Gasteiger partial charge is 0.508 e. The maximum absolute atomic E-state index is 11.8. The van der Waals surface area contributed by atoms with E-state index in [0.717, 1.165) is 16.9 Å². The number of phenolic OH excluding ortho intramolecular Hbond substituents is 1. The summed E-state index contributed by atoms with van der Waals surface area (Å²) in [6.07, 6.45) is 6.41. The third-order valence-electron chi connectivity index (χ3n) is 2.90. The minimum Gasteiger partial charge on any atom is -0.508 e. The van der Waals surface area contributed by atoms with E-state index < -0.39 is 0 Å². The number of hydrogen-bond acceptors (Lipinski definition) is 3. The van der Waals surface area contributed by atoms with Crippen LogP contribution < -0.4 is 4.74 Å². The van der Waals surface area contributed by atoms with Gasteiger partial charge in [-0.15, -0.1) is 0 Å². The number of phenols is 1. The number of carbonyl (C=O) groups is 1. The molecule has 2 aromatic rings. The summed E-state index contributed by atoms with van der Waals surface area (Å²) in [4.78, 5) is 11.8. The standard InChI is InChI=1S/C18H16O3/c1-21-18-5-3-2-4-15(18)9-13-17(20)12-8-14-6-10-16(19)11-7-14/h2-13,19H,1H3/b12-8+,13-9+. The first-order valence-corrected chi connectivity index (χ1v) is 6.51. The molecular formula is C18H16O3. The number of methoxy groups -OCH3 is 1. The number of allylic oxidation sites excluding steroid dienone is 2. The molecular weight excluding hydrogens is 264 g/mol. The SMILES string of the molecule is COc1ccccc1/C=C/C(=O)/C=C/c1ccc(O)cc1. The van der Waals surface area contributed by atoms with Crippen molar-refractivity contribution in [3.63, 3.8) is 0 Å². The molecule has 0 amide bonds. The smallest absolute Gasteiger partial charge is 0.178 e. The molecule has 0 unspecified atom stereocenters.